The van der Waals surface area contributed by atoms with Crippen molar-refractivity contribution in [2.75, 3.05) is 0 Å². The van der Waals surface area contributed by atoms with Gasteiger partial charge in [-0.1, -0.05) is 27.2 Å². The molecule has 0 spiro atoms. The van der Waals surface area contributed by atoms with Gasteiger partial charge in [0.05, 0.1) is 0 Å². The lowest BCUT2D eigenvalue weighted by molar-refractivity contribution is 0.110. The molecule has 1 aliphatic carbocycles. The fourth-order valence-electron chi connectivity index (χ4n) is 3.62. The summed E-state index contributed by atoms with van der Waals surface area (Å²) in [6.07, 6.45) is 6.35. The van der Waals surface area contributed by atoms with Gasteiger partial charge in [0.1, 0.15) is 12.2 Å². The van der Waals surface area contributed by atoms with E-state index in [-0.39, 0.29) is 5.41 Å². The van der Waals surface area contributed by atoms with Gasteiger partial charge in [0.2, 0.25) is 0 Å². The van der Waals surface area contributed by atoms with Gasteiger partial charge in [-0.2, -0.15) is 5.10 Å². The summed E-state index contributed by atoms with van der Waals surface area (Å²) in [5, 5.41) is 4.27. The van der Waals surface area contributed by atoms with E-state index >= 15 is 0 Å². The predicted octanol–water partition coefficient (Wildman–Crippen LogP) is 2.63. The van der Waals surface area contributed by atoms with Crippen molar-refractivity contribution in [1.82, 2.24) is 14.8 Å². The first kappa shape index (κ1) is 14.5. The first-order valence-electron chi connectivity index (χ1n) is 7.56. The molecular weight excluding hydrogens is 236 g/mol. The second-order valence-corrected chi connectivity index (χ2v) is 6.85. The van der Waals surface area contributed by atoms with E-state index in [0.29, 0.717) is 12.0 Å². The van der Waals surface area contributed by atoms with Crippen LogP contribution < -0.4 is 5.73 Å². The lowest BCUT2D eigenvalue weighted by Crippen LogP contribution is -2.44. The number of hydrogen-bond donors (Lipinski definition) is 1. The van der Waals surface area contributed by atoms with E-state index in [2.05, 4.69) is 37.8 Å². The van der Waals surface area contributed by atoms with Gasteiger partial charge in [0.25, 0.3) is 0 Å². The minimum Gasteiger partial charge on any atom is -0.327 e. The zero-order valence-electron chi connectivity index (χ0n) is 12.8. The smallest absolute Gasteiger partial charge is 0.138 e. The van der Waals surface area contributed by atoms with Crippen LogP contribution in [0, 0.1) is 17.3 Å². The van der Waals surface area contributed by atoms with Crippen LogP contribution in [0.1, 0.15) is 52.8 Å². The molecule has 4 heteroatoms. The quantitative estimate of drug-likeness (QED) is 0.909. The van der Waals surface area contributed by atoms with Gasteiger partial charge in [-0.15, -0.1) is 0 Å². The van der Waals surface area contributed by atoms with Crippen molar-refractivity contribution in [1.29, 1.82) is 0 Å². The van der Waals surface area contributed by atoms with E-state index < -0.39 is 0 Å². The molecule has 2 rings (SSSR count). The van der Waals surface area contributed by atoms with E-state index in [1.807, 2.05) is 4.68 Å². The Morgan fingerprint density at radius 3 is 2.79 bits per heavy atom. The Bertz CT molecular complexity index is 410. The molecule has 0 bridgehead atoms. The Hall–Kier alpha value is -0.900. The number of hydrogen-bond acceptors (Lipinski definition) is 3. The Balaban J connectivity index is 2.09. The summed E-state index contributed by atoms with van der Waals surface area (Å²) in [5.74, 6) is 2.46. The van der Waals surface area contributed by atoms with Crippen LogP contribution in [0.25, 0.3) is 0 Å². The molecule has 0 saturated heterocycles. The van der Waals surface area contributed by atoms with Crippen LogP contribution in [0.5, 0.6) is 0 Å². The molecule has 19 heavy (non-hydrogen) atoms. The highest BCUT2D eigenvalue weighted by Crippen LogP contribution is 2.41. The summed E-state index contributed by atoms with van der Waals surface area (Å²) >= 11 is 0. The van der Waals surface area contributed by atoms with Crippen LogP contribution in [0.2, 0.25) is 0 Å². The second kappa shape index (κ2) is 5.61. The molecule has 0 aliphatic heterocycles. The van der Waals surface area contributed by atoms with Gasteiger partial charge in [0.15, 0.2) is 0 Å². The average Bonchev–Trinajstić information content (AvgIpc) is 2.74. The lowest BCUT2D eigenvalue weighted by Gasteiger charge is -2.42. The molecular formula is C15H28N4. The normalized spacial score (nSPS) is 28.6. The minimum atomic E-state index is 0.194. The maximum Gasteiger partial charge on any atom is 0.138 e. The van der Waals surface area contributed by atoms with Gasteiger partial charge >= 0.3 is 0 Å². The zero-order valence-corrected chi connectivity index (χ0v) is 12.8. The van der Waals surface area contributed by atoms with Crippen molar-refractivity contribution >= 4 is 0 Å². The predicted molar refractivity (Wildman–Crippen MR) is 77.7 cm³/mol. The standard InChI is InChI=1S/C15H28N4/c1-5-19-14(17-10-18-19)9-15(3,4)12-7-6-11(2)8-13(12)16/h10-13H,5-9,16H2,1-4H3. The molecule has 1 fully saturated rings. The summed E-state index contributed by atoms with van der Waals surface area (Å²) in [5.41, 5.74) is 6.61. The number of aryl methyl sites for hydroxylation is 1. The third kappa shape index (κ3) is 3.16. The highest BCUT2D eigenvalue weighted by molar-refractivity contribution is 4.97. The van der Waals surface area contributed by atoms with Crippen LogP contribution in [-0.4, -0.2) is 20.8 Å². The average molecular weight is 264 g/mol. The molecule has 4 nitrogen and oxygen atoms in total. The molecule has 1 aliphatic rings. The highest BCUT2D eigenvalue weighted by atomic mass is 15.3. The third-order valence-electron chi connectivity index (χ3n) is 4.77. The third-order valence-corrected chi connectivity index (χ3v) is 4.77. The maximum atomic E-state index is 6.41. The second-order valence-electron chi connectivity index (χ2n) is 6.85. The molecule has 108 valence electrons. The first-order valence-corrected chi connectivity index (χ1v) is 7.56. The summed E-state index contributed by atoms with van der Waals surface area (Å²) in [4.78, 5) is 4.42. The van der Waals surface area contributed by atoms with Crippen molar-refractivity contribution in [2.24, 2.45) is 23.0 Å². The minimum absolute atomic E-state index is 0.194. The first-order chi connectivity index (χ1) is 8.94. The fraction of sp³-hybridized carbons (Fsp3) is 0.867. The summed E-state index contributed by atoms with van der Waals surface area (Å²) in [6, 6.07) is 0.330. The van der Waals surface area contributed by atoms with Gasteiger partial charge in [-0.25, -0.2) is 4.98 Å². The van der Waals surface area contributed by atoms with Crippen molar-refractivity contribution in [3.8, 4) is 0 Å². The molecule has 0 radical (unpaired) electrons. The molecule has 1 aromatic heterocycles. The van der Waals surface area contributed by atoms with Crippen LogP contribution in [0.3, 0.4) is 0 Å². The number of nitrogens with two attached hydrogens (primary N) is 1. The van der Waals surface area contributed by atoms with Crippen molar-refractivity contribution in [3.05, 3.63) is 12.2 Å². The molecule has 1 heterocycles. The van der Waals surface area contributed by atoms with E-state index in [1.54, 1.807) is 6.33 Å². The maximum absolute atomic E-state index is 6.41. The molecule has 1 aromatic rings. The largest absolute Gasteiger partial charge is 0.327 e. The molecule has 0 amide bonds. The molecule has 0 aromatic carbocycles. The monoisotopic (exact) mass is 264 g/mol. The zero-order chi connectivity index (χ0) is 14.0. The fourth-order valence-corrected chi connectivity index (χ4v) is 3.62. The Kier molecular flexibility index (Phi) is 4.29. The van der Waals surface area contributed by atoms with Crippen LogP contribution in [0.4, 0.5) is 0 Å². The van der Waals surface area contributed by atoms with Crippen LogP contribution in [-0.2, 0) is 13.0 Å². The number of aromatic nitrogens is 3. The molecule has 2 N–H and O–H groups in total. The SMILES string of the molecule is CCn1ncnc1CC(C)(C)C1CCC(C)CC1N. The Morgan fingerprint density at radius 1 is 1.42 bits per heavy atom. The molecule has 1 saturated carbocycles. The van der Waals surface area contributed by atoms with Crippen molar-refractivity contribution in [3.63, 3.8) is 0 Å². The van der Waals surface area contributed by atoms with Gasteiger partial charge in [-0.05, 0) is 37.0 Å². The van der Waals surface area contributed by atoms with Crippen LogP contribution >= 0.6 is 0 Å². The topological polar surface area (TPSA) is 56.7 Å². The van der Waals surface area contributed by atoms with Crippen molar-refractivity contribution < 1.29 is 0 Å². The number of rotatable bonds is 4. The van der Waals surface area contributed by atoms with Gasteiger partial charge in [0, 0.05) is 19.0 Å². The van der Waals surface area contributed by atoms with E-state index in [9.17, 15) is 0 Å². The summed E-state index contributed by atoms with van der Waals surface area (Å²) < 4.78 is 2.00. The number of nitrogens with zero attached hydrogens (tertiary/aromatic N) is 3. The summed E-state index contributed by atoms with van der Waals surface area (Å²) in [7, 11) is 0. The van der Waals surface area contributed by atoms with Gasteiger partial charge in [-0.3, -0.25) is 4.68 Å². The highest BCUT2D eigenvalue weighted by Gasteiger charge is 2.38. The summed E-state index contributed by atoms with van der Waals surface area (Å²) in [6.45, 7) is 9.99. The van der Waals surface area contributed by atoms with Gasteiger partial charge < -0.3 is 5.73 Å². The Labute approximate surface area is 116 Å². The van der Waals surface area contributed by atoms with E-state index in [1.165, 1.54) is 12.8 Å². The lowest BCUT2D eigenvalue weighted by atomic mass is 9.65. The van der Waals surface area contributed by atoms with E-state index in [4.69, 9.17) is 5.73 Å². The Morgan fingerprint density at radius 2 is 2.16 bits per heavy atom. The van der Waals surface area contributed by atoms with E-state index in [0.717, 1.165) is 31.1 Å². The molecule has 3 unspecified atom stereocenters. The molecule has 3 atom stereocenters. The van der Waals surface area contributed by atoms with Crippen LogP contribution in [0.15, 0.2) is 6.33 Å². The van der Waals surface area contributed by atoms with Crippen molar-refractivity contribution in [2.45, 2.75) is 66.0 Å².